The minimum absolute atomic E-state index is 0.0104. The zero-order valence-electron chi connectivity index (χ0n) is 16.3. The highest BCUT2D eigenvalue weighted by atomic mass is 17.1. The first-order chi connectivity index (χ1) is 12.9. The van der Waals surface area contributed by atoms with Crippen LogP contribution in [0.1, 0.15) is 34.1 Å². The molecule has 0 amide bonds. The van der Waals surface area contributed by atoms with Crippen molar-refractivity contribution in [1.29, 1.82) is 0 Å². The normalized spacial score (nSPS) is 45.3. The van der Waals surface area contributed by atoms with Crippen molar-refractivity contribution in [2.75, 3.05) is 0 Å². The molecule has 3 rings (SSSR count). The molecule has 1 heterocycles. The summed E-state index contributed by atoms with van der Waals surface area (Å²) in [5.41, 5.74) is -4.92. The lowest BCUT2D eigenvalue weighted by atomic mass is 9.69. The van der Waals surface area contributed by atoms with Gasteiger partial charge in [0.25, 0.3) is 0 Å². The Morgan fingerprint density at radius 3 is 2.57 bits per heavy atom. The average molecular weight is 394 g/mol. The molecule has 1 saturated carbocycles. The van der Waals surface area contributed by atoms with Crippen molar-refractivity contribution in [2.24, 2.45) is 11.8 Å². The number of esters is 2. The van der Waals surface area contributed by atoms with Gasteiger partial charge in [0.05, 0.1) is 11.5 Å². The monoisotopic (exact) mass is 394 g/mol. The predicted molar refractivity (Wildman–Crippen MR) is 96.8 cm³/mol. The number of hydrogen-bond donors (Lipinski definition) is 3. The second-order valence-electron chi connectivity index (χ2n) is 8.17. The minimum atomic E-state index is -1.95. The Kier molecular flexibility index (Phi) is 4.83. The van der Waals surface area contributed by atoms with Gasteiger partial charge in [-0.25, -0.2) is 14.5 Å². The SMILES string of the molecule is C=C1C(=O)O[C@@H]2[C@@H]3[C@@](OO)(C=C[C@@]3(C)O)[C@](C)(O)[C@H](OC(=O)/C(C)=C\C)C[C@@H]12. The summed E-state index contributed by atoms with van der Waals surface area (Å²) in [6.07, 6.45) is 2.17. The molecule has 0 bridgehead atoms. The fourth-order valence-corrected chi connectivity index (χ4v) is 4.60. The lowest BCUT2D eigenvalue weighted by Crippen LogP contribution is -2.65. The van der Waals surface area contributed by atoms with Crippen LogP contribution in [0.3, 0.4) is 0 Å². The van der Waals surface area contributed by atoms with Crippen LogP contribution in [0, 0.1) is 11.8 Å². The third-order valence-corrected chi connectivity index (χ3v) is 6.48. The fourth-order valence-electron chi connectivity index (χ4n) is 4.60. The number of aliphatic hydroxyl groups is 2. The largest absolute Gasteiger partial charge is 0.458 e. The molecule has 28 heavy (non-hydrogen) atoms. The van der Waals surface area contributed by atoms with E-state index in [0.29, 0.717) is 5.57 Å². The standard InChI is InChI=1S/C20H26O8/c1-6-10(2)16(21)26-13-9-12-11(3)17(22)27-14(12)15-18(4,23)7-8-20(15,28-25)19(13,5)24/h6-8,12-15,23-25H,3,9H2,1-2,4-5H3/b10-6-/t12-,13+,14-,15-,18+,19+,20-/m0/s1. The maximum Gasteiger partial charge on any atom is 0.334 e. The molecule has 3 aliphatic rings. The van der Waals surface area contributed by atoms with E-state index >= 15 is 0 Å². The van der Waals surface area contributed by atoms with Crippen molar-refractivity contribution in [1.82, 2.24) is 0 Å². The lowest BCUT2D eigenvalue weighted by molar-refractivity contribution is -0.376. The molecule has 0 unspecified atom stereocenters. The van der Waals surface area contributed by atoms with Gasteiger partial charge in [0, 0.05) is 17.1 Å². The molecule has 0 aromatic rings. The number of ether oxygens (including phenoxy) is 2. The topological polar surface area (TPSA) is 123 Å². The molecular formula is C20H26O8. The van der Waals surface area contributed by atoms with Gasteiger partial charge in [-0.3, -0.25) is 5.26 Å². The summed E-state index contributed by atoms with van der Waals surface area (Å²) in [7, 11) is 0. The zero-order chi connectivity index (χ0) is 21.1. The highest BCUT2D eigenvalue weighted by Gasteiger charge is 2.71. The molecule has 0 spiro atoms. The first-order valence-electron chi connectivity index (χ1n) is 9.14. The van der Waals surface area contributed by atoms with Crippen molar-refractivity contribution in [3.8, 4) is 0 Å². The van der Waals surface area contributed by atoms with E-state index in [-0.39, 0.29) is 12.0 Å². The third kappa shape index (κ3) is 2.67. The lowest BCUT2D eigenvalue weighted by Gasteiger charge is -2.47. The van der Waals surface area contributed by atoms with Gasteiger partial charge in [-0.15, -0.1) is 0 Å². The van der Waals surface area contributed by atoms with Gasteiger partial charge in [0.1, 0.15) is 17.8 Å². The number of rotatable bonds is 3. The maximum absolute atomic E-state index is 12.4. The Hall–Kier alpha value is -2.00. The Morgan fingerprint density at radius 1 is 1.36 bits per heavy atom. The third-order valence-electron chi connectivity index (χ3n) is 6.48. The highest BCUT2D eigenvalue weighted by Crippen LogP contribution is 2.56. The zero-order valence-corrected chi connectivity index (χ0v) is 16.3. The Balaban J connectivity index is 2.15. The van der Waals surface area contributed by atoms with Crippen molar-refractivity contribution >= 4 is 11.9 Å². The van der Waals surface area contributed by atoms with Crippen molar-refractivity contribution < 1.29 is 39.4 Å². The van der Waals surface area contributed by atoms with E-state index in [1.165, 1.54) is 26.0 Å². The molecule has 0 radical (unpaired) electrons. The average Bonchev–Trinajstić information content (AvgIpc) is 3.04. The van der Waals surface area contributed by atoms with Crippen LogP contribution in [0.15, 0.2) is 36.0 Å². The molecule has 154 valence electrons. The van der Waals surface area contributed by atoms with Gasteiger partial charge in [-0.1, -0.05) is 18.7 Å². The Morgan fingerprint density at radius 2 is 2.00 bits per heavy atom. The van der Waals surface area contributed by atoms with Crippen LogP contribution in [0.2, 0.25) is 0 Å². The summed E-state index contributed by atoms with van der Waals surface area (Å²) in [6, 6.07) is 0. The molecule has 2 fully saturated rings. The number of carbonyl (C=O) groups is 2. The van der Waals surface area contributed by atoms with Crippen LogP contribution in [-0.2, 0) is 24.0 Å². The molecule has 3 N–H and O–H groups in total. The molecule has 7 atom stereocenters. The Labute approximate surface area is 163 Å². The van der Waals surface area contributed by atoms with E-state index in [1.54, 1.807) is 19.9 Å². The summed E-state index contributed by atoms with van der Waals surface area (Å²) in [6.45, 7) is 9.84. The van der Waals surface area contributed by atoms with Crippen LogP contribution in [0.4, 0.5) is 0 Å². The van der Waals surface area contributed by atoms with E-state index in [9.17, 15) is 25.1 Å². The molecule has 8 heteroatoms. The summed E-state index contributed by atoms with van der Waals surface area (Å²) >= 11 is 0. The van der Waals surface area contributed by atoms with Gasteiger partial charge in [0.2, 0.25) is 0 Å². The van der Waals surface area contributed by atoms with E-state index in [2.05, 4.69) is 6.58 Å². The predicted octanol–water partition coefficient (Wildman–Crippen LogP) is 1.28. The maximum atomic E-state index is 12.4. The van der Waals surface area contributed by atoms with Crippen LogP contribution in [0.5, 0.6) is 0 Å². The van der Waals surface area contributed by atoms with Gasteiger partial charge >= 0.3 is 11.9 Å². The van der Waals surface area contributed by atoms with Crippen LogP contribution < -0.4 is 0 Å². The quantitative estimate of drug-likeness (QED) is 0.215. The fraction of sp³-hybridized carbons (Fsp3) is 0.600. The van der Waals surface area contributed by atoms with Gasteiger partial charge in [-0.05, 0) is 40.2 Å². The molecule has 1 aliphatic heterocycles. The summed E-state index contributed by atoms with van der Waals surface area (Å²) < 4.78 is 11.0. The molecule has 8 nitrogen and oxygen atoms in total. The van der Waals surface area contributed by atoms with E-state index < -0.39 is 52.8 Å². The van der Waals surface area contributed by atoms with Crippen molar-refractivity contribution in [2.45, 2.75) is 63.1 Å². The van der Waals surface area contributed by atoms with Crippen LogP contribution in [-0.4, -0.2) is 56.4 Å². The number of carbonyl (C=O) groups excluding carboxylic acids is 2. The van der Waals surface area contributed by atoms with Crippen LogP contribution >= 0.6 is 0 Å². The summed E-state index contributed by atoms with van der Waals surface area (Å²) in [4.78, 5) is 29.4. The van der Waals surface area contributed by atoms with E-state index in [4.69, 9.17) is 14.4 Å². The summed E-state index contributed by atoms with van der Waals surface area (Å²) in [5.74, 6) is -2.99. The van der Waals surface area contributed by atoms with Gasteiger partial charge in [-0.2, -0.15) is 0 Å². The molecule has 0 aromatic heterocycles. The number of hydrogen-bond acceptors (Lipinski definition) is 8. The van der Waals surface area contributed by atoms with Gasteiger partial charge < -0.3 is 19.7 Å². The highest BCUT2D eigenvalue weighted by molar-refractivity contribution is 5.91. The van der Waals surface area contributed by atoms with Crippen LogP contribution in [0.25, 0.3) is 0 Å². The second kappa shape index (κ2) is 6.52. The number of fused-ring (bicyclic) bond motifs is 3. The first kappa shape index (κ1) is 20.7. The molecular weight excluding hydrogens is 368 g/mol. The molecule has 1 saturated heterocycles. The van der Waals surface area contributed by atoms with E-state index in [0.717, 1.165) is 0 Å². The van der Waals surface area contributed by atoms with Crippen molar-refractivity contribution in [3.63, 3.8) is 0 Å². The van der Waals surface area contributed by atoms with Gasteiger partial charge in [0.15, 0.2) is 5.60 Å². The molecule has 2 aliphatic carbocycles. The number of allylic oxidation sites excluding steroid dienone is 1. The molecule has 0 aromatic carbocycles. The van der Waals surface area contributed by atoms with Crippen molar-refractivity contribution in [3.05, 3.63) is 36.0 Å². The summed E-state index contributed by atoms with van der Waals surface area (Å²) in [5, 5.41) is 32.3. The van der Waals surface area contributed by atoms with E-state index in [1.807, 2.05) is 0 Å². The second-order valence-corrected chi connectivity index (χ2v) is 8.17. The Bertz CT molecular complexity index is 777. The minimum Gasteiger partial charge on any atom is -0.458 e. The smallest absolute Gasteiger partial charge is 0.334 e. The first-order valence-corrected chi connectivity index (χ1v) is 9.14.